The summed E-state index contributed by atoms with van der Waals surface area (Å²) in [5.41, 5.74) is 3.32. The van der Waals surface area contributed by atoms with Gasteiger partial charge in [-0.15, -0.1) is 0 Å². The molecule has 5 nitrogen and oxygen atoms in total. The molecule has 0 radical (unpaired) electrons. The maximum Gasteiger partial charge on any atom is 0.243 e. The number of hydrogen-bond donors (Lipinski definition) is 1. The molecule has 1 heterocycles. The number of sulfonamides is 1. The lowest BCUT2D eigenvalue weighted by atomic mass is 9.99. The van der Waals surface area contributed by atoms with Gasteiger partial charge in [-0.3, -0.25) is 4.79 Å². The highest BCUT2D eigenvalue weighted by Gasteiger charge is 2.39. The molecule has 1 aliphatic rings. The summed E-state index contributed by atoms with van der Waals surface area (Å²) in [5.74, 6) is -0.371. The number of carbonyl (C=O) groups excluding carboxylic acids is 1. The minimum atomic E-state index is -3.63. The number of carbonyl (C=O) groups is 1. The van der Waals surface area contributed by atoms with Crippen LogP contribution in [0.15, 0.2) is 48.5 Å². The molecule has 25 heavy (non-hydrogen) atoms. The fraction of sp³-hybridized carbons (Fsp3) is 0.316. The van der Waals surface area contributed by atoms with E-state index in [1.165, 1.54) is 4.31 Å². The number of piperazine rings is 1. The molecule has 0 bridgehead atoms. The van der Waals surface area contributed by atoms with Crippen molar-refractivity contribution in [1.29, 1.82) is 0 Å². The van der Waals surface area contributed by atoms with Crippen LogP contribution in [0.3, 0.4) is 0 Å². The Kier molecular flexibility index (Phi) is 4.92. The average Bonchev–Trinajstić information content (AvgIpc) is 2.57. The first kappa shape index (κ1) is 17.6. The van der Waals surface area contributed by atoms with Crippen molar-refractivity contribution in [3.8, 4) is 0 Å². The smallest absolute Gasteiger partial charge is 0.243 e. The first-order chi connectivity index (χ1) is 11.9. The minimum absolute atomic E-state index is 0.102. The third kappa shape index (κ3) is 3.60. The fourth-order valence-electron chi connectivity index (χ4n) is 3.19. The van der Waals surface area contributed by atoms with E-state index in [0.717, 1.165) is 22.3 Å². The molecule has 1 unspecified atom stereocenters. The Hall–Kier alpha value is -2.18. The molecule has 2 aromatic carbocycles. The lowest BCUT2D eigenvalue weighted by Gasteiger charge is -2.35. The summed E-state index contributed by atoms with van der Waals surface area (Å²) in [5, 5.41) is 2.79. The van der Waals surface area contributed by atoms with Crippen LogP contribution in [-0.2, 0) is 20.6 Å². The summed E-state index contributed by atoms with van der Waals surface area (Å²) < 4.78 is 27.5. The second kappa shape index (κ2) is 6.98. The van der Waals surface area contributed by atoms with Crippen molar-refractivity contribution in [2.45, 2.75) is 25.6 Å². The Morgan fingerprint density at radius 1 is 1.04 bits per heavy atom. The predicted molar refractivity (Wildman–Crippen MR) is 97.4 cm³/mol. The molecular formula is C19H22N2O3S. The third-order valence-corrected chi connectivity index (χ3v) is 6.39. The van der Waals surface area contributed by atoms with Gasteiger partial charge in [-0.1, -0.05) is 48.5 Å². The number of amides is 1. The van der Waals surface area contributed by atoms with E-state index in [1.54, 1.807) is 0 Å². The SMILES string of the molecule is Cc1ccccc1CS(=O)(=O)N1CCNC(=O)C1c1ccccc1C. The van der Waals surface area contributed by atoms with E-state index in [0.29, 0.717) is 6.54 Å². The Morgan fingerprint density at radius 3 is 2.36 bits per heavy atom. The van der Waals surface area contributed by atoms with Crippen LogP contribution < -0.4 is 5.32 Å². The Bertz CT molecular complexity index is 893. The van der Waals surface area contributed by atoms with Gasteiger partial charge in [0.15, 0.2) is 0 Å². The maximum absolute atomic E-state index is 13.1. The Morgan fingerprint density at radius 2 is 1.68 bits per heavy atom. The van der Waals surface area contributed by atoms with E-state index >= 15 is 0 Å². The Balaban J connectivity index is 1.99. The van der Waals surface area contributed by atoms with Gasteiger partial charge >= 0.3 is 0 Å². The van der Waals surface area contributed by atoms with Crippen molar-refractivity contribution in [2.24, 2.45) is 0 Å². The van der Waals surface area contributed by atoms with Crippen LogP contribution in [0.25, 0.3) is 0 Å². The van der Waals surface area contributed by atoms with E-state index in [9.17, 15) is 13.2 Å². The van der Waals surface area contributed by atoms with E-state index in [4.69, 9.17) is 0 Å². The fourth-order valence-corrected chi connectivity index (χ4v) is 4.97. The molecule has 0 saturated carbocycles. The first-order valence-corrected chi connectivity index (χ1v) is 9.88. The van der Waals surface area contributed by atoms with Crippen LogP contribution >= 0.6 is 0 Å². The molecule has 132 valence electrons. The molecular weight excluding hydrogens is 336 g/mol. The summed E-state index contributed by atoms with van der Waals surface area (Å²) >= 11 is 0. The minimum Gasteiger partial charge on any atom is -0.353 e. The normalized spacial score (nSPS) is 18.8. The Labute approximate surface area is 148 Å². The van der Waals surface area contributed by atoms with Crippen LogP contribution in [0.1, 0.15) is 28.3 Å². The number of aryl methyl sites for hydroxylation is 2. The van der Waals surface area contributed by atoms with Gasteiger partial charge in [0.05, 0.1) is 5.75 Å². The van der Waals surface area contributed by atoms with Crippen molar-refractivity contribution >= 4 is 15.9 Å². The van der Waals surface area contributed by atoms with Gasteiger partial charge in [0.2, 0.25) is 15.9 Å². The number of rotatable bonds is 4. The molecule has 0 spiro atoms. The molecule has 0 aromatic heterocycles. The van der Waals surface area contributed by atoms with Crippen molar-refractivity contribution in [3.05, 3.63) is 70.8 Å². The van der Waals surface area contributed by atoms with E-state index in [2.05, 4.69) is 5.32 Å². The molecule has 0 aliphatic carbocycles. The molecule has 6 heteroatoms. The molecule has 1 amide bonds. The molecule has 1 N–H and O–H groups in total. The number of nitrogens with zero attached hydrogens (tertiary/aromatic N) is 1. The third-order valence-electron chi connectivity index (χ3n) is 4.61. The van der Waals surface area contributed by atoms with E-state index < -0.39 is 16.1 Å². The van der Waals surface area contributed by atoms with Crippen LogP contribution in [0, 0.1) is 13.8 Å². The summed E-state index contributed by atoms with van der Waals surface area (Å²) in [6.45, 7) is 4.39. The highest BCUT2D eigenvalue weighted by molar-refractivity contribution is 7.88. The van der Waals surface area contributed by atoms with Gasteiger partial charge in [-0.2, -0.15) is 4.31 Å². The van der Waals surface area contributed by atoms with Gasteiger partial charge < -0.3 is 5.32 Å². The van der Waals surface area contributed by atoms with Gasteiger partial charge in [-0.25, -0.2) is 8.42 Å². The van der Waals surface area contributed by atoms with Gasteiger partial charge in [0.25, 0.3) is 0 Å². The zero-order chi connectivity index (χ0) is 18.0. The quantitative estimate of drug-likeness (QED) is 0.912. The number of hydrogen-bond acceptors (Lipinski definition) is 3. The zero-order valence-corrected chi connectivity index (χ0v) is 15.2. The van der Waals surface area contributed by atoms with Gasteiger partial charge in [0.1, 0.15) is 6.04 Å². The van der Waals surface area contributed by atoms with Gasteiger partial charge in [-0.05, 0) is 36.1 Å². The monoisotopic (exact) mass is 358 g/mol. The first-order valence-electron chi connectivity index (χ1n) is 8.27. The molecule has 1 saturated heterocycles. The van der Waals surface area contributed by atoms with Crippen molar-refractivity contribution in [2.75, 3.05) is 13.1 Å². The van der Waals surface area contributed by atoms with E-state index in [1.807, 2.05) is 62.4 Å². The molecule has 1 aliphatic heterocycles. The second-order valence-electron chi connectivity index (χ2n) is 6.34. The number of nitrogens with one attached hydrogen (secondary N) is 1. The largest absolute Gasteiger partial charge is 0.353 e. The molecule has 1 fully saturated rings. The topological polar surface area (TPSA) is 66.5 Å². The second-order valence-corrected chi connectivity index (χ2v) is 8.27. The molecule has 1 atom stereocenters. The van der Waals surface area contributed by atoms with Crippen molar-refractivity contribution in [1.82, 2.24) is 9.62 Å². The van der Waals surface area contributed by atoms with E-state index in [-0.39, 0.29) is 18.2 Å². The zero-order valence-electron chi connectivity index (χ0n) is 14.4. The standard InChI is InChI=1S/C19H22N2O3S/c1-14-7-3-5-9-16(14)13-25(23,24)21-12-11-20-19(22)18(21)17-10-6-4-8-15(17)2/h3-10,18H,11-13H2,1-2H3,(H,20,22). The van der Waals surface area contributed by atoms with Crippen LogP contribution in [-0.4, -0.2) is 31.7 Å². The lowest BCUT2D eigenvalue weighted by Crippen LogP contribution is -2.52. The van der Waals surface area contributed by atoms with Crippen LogP contribution in [0.2, 0.25) is 0 Å². The lowest BCUT2D eigenvalue weighted by molar-refractivity contribution is -0.126. The van der Waals surface area contributed by atoms with Gasteiger partial charge in [0, 0.05) is 13.1 Å². The van der Waals surface area contributed by atoms with Crippen LogP contribution in [0.4, 0.5) is 0 Å². The van der Waals surface area contributed by atoms with Crippen molar-refractivity contribution < 1.29 is 13.2 Å². The summed E-state index contributed by atoms with van der Waals surface area (Å²) in [6, 6.07) is 14.0. The van der Waals surface area contributed by atoms with Crippen LogP contribution in [0.5, 0.6) is 0 Å². The summed E-state index contributed by atoms with van der Waals surface area (Å²) in [7, 11) is -3.63. The maximum atomic E-state index is 13.1. The summed E-state index contributed by atoms with van der Waals surface area (Å²) in [4.78, 5) is 12.5. The molecule has 2 aromatic rings. The van der Waals surface area contributed by atoms with Crippen molar-refractivity contribution in [3.63, 3.8) is 0 Å². The predicted octanol–water partition coefficient (Wildman–Crippen LogP) is 2.31. The molecule has 3 rings (SSSR count). The summed E-state index contributed by atoms with van der Waals surface area (Å²) in [6.07, 6.45) is 0. The average molecular weight is 358 g/mol. The highest BCUT2D eigenvalue weighted by atomic mass is 32.2. The number of benzene rings is 2. The highest BCUT2D eigenvalue weighted by Crippen LogP contribution is 2.30.